The summed E-state index contributed by atoms with van der Waals surface area (Å²) in [7, 11) is 0. The fraction of sp³-hybridized carbons (Fsp3) is 0.200. The zero-order valence-electron chi connectivity index (χ0n) is 17.6. The van der Waals surface area contributed by atoms with Crippen LogP contribution in [-0.4, -0.2) is 22.6 Å². The van der Waals surface area contributed by atoms with Crippen LogP contribution in [0.2, 0.25) is 0 Å². The maximum atomic E-state index is 13.1. The van der Waals surface area contributed by atoms with Gasteiger partial charge in [0, 0.05) is 30.5 Å². The number of aromatic nitrogens is 2. The van der Waals surface area contributed by atoms with E-state index >= 15 is 0 Å². The van der Waals surface area contributed by atoms with Gasteiger partial charge in [0.1, 0.15) is 11.5 Å². The molecular formula is C25H26N4O. The molecule has 0 amide bonds. The van der Waals surface area contributed by atoms with Crippen molar-refractivity contribution in [1.29, 1.82) is 0 Å². The van der Waals surface area contributed by atoms with Crippen molar-refractivity contribution in [3.05, 3.63) is 88.7 Å². The minimum absolute atomic E-state index is 0.0449. The first-order valence-electron chi connectivity index (χ1n) is 10.3. The largest absolute Gasteiger partial charge is 0.371 e. The minimum Gasteiger partial charge on any atom is -0.371 e. The van der Waals surface area contributed by atoms with Crippen LogP contribution in [-0.2, 0) is 0 Å². The number of para-hydroxylation sites is 2. The Balaban J connectivity index is 2.00. The molecule has 0 bridgehead atoms. The molecule has 0 unspecified atom stereocenters. The molecular weight excluding hydrogens is 372 g/mol. The van der Waals surface area contributed by atoms with Gasteiger partial charge in [-0.05, 0) is 51.1 Å². The fourth-order valence-corrected chi connectivity index (χ4v) is 3.80. The predicted octanol–water partition coefficient (Wildman–Crippen LogP) is 5.28. The zero-order valence-corrected chi connectivity index (χ0v) is 17.6. The third kappa shape index (κ3) is 3.66. The van der Waals surface area contributed by atoms with Crippen molar-refractivity contribution < 1.29 is 0 Å². The highest BCUT2D eigenvalue weighted by molar-refractivity contribution is 5.84. The van der Waals surface area contributed by atoms with E-state index in [4.69, 9.17) is 4.98 Å². The molecule has 2 heterocycles. The predicted molar refractivity (Wildman–Crippen MR) is 125 cm³/mol. The first-order chi connectivity index (χ1) is 14.6. The van der Waals surface area contributed by atoms with E-state index in [0.29, 0.717) is 16.9 Å². The maximum absolute atomic E-state index is 13.1. The normalized spacial score (nSPS) is 10.9. The smallest absolute Gasteiger partial charge is 0.193 e. The molecule has 0 spiro atoms. The number of nitrogens with zero attached hydrogens (tertiary/aromatic N) is 3. The molecule has 0 radical (unpaired) electrons. The van der Waals surface area contributed by atoms with Crippen molar-refractivity contribution in [3.63, 3.8) is 0 Å². The van der Waals surface area contributed by atoms with Gasteiger partial charge >= 0.3 is 0 Å². The molecule has 5 nitrogen and oxygen atoms in total. The highest BCUT2D eigenvalue weighted by atomic mass is 16.1. The van der Waals surface area contributed by atoms with Gasteiger partial charge in [0.25, 0.3) is 0 Å². The van der Waals surface area contributed by atoms with Crippen LogP contribution < -0.4 is 15.6 Å². The van der Waals surface area contributed by atoms with Gasteiger partial charge in [-0.3, -0.25) is 9.36 Å². The lowest BCUT2D eigenvalue weighted by atomic mass is 10.1. The van der Waals surface area contributed by atoms with E-state index in [0.717, 1.165) is 35.8 Å². The fourth-order valence-electron chi connectivity index (χ4n) is 3.80. The van der Waals surface area contributed by atoms with Crippen LogP contribution in [0.25, 0.3) is 16.7 Å². The second-order valence-corrected chi connectivity index (χ2v) is 7.19. The zero-order chi connectivity index (χ0) is 21.1. The third-order valence-electron chi connectivity index (χ3n) is 5.32. The number of nitrogens with one attached hydrogen (secondary N) is 1. The second kappa shape index (κ2) is 8.41. The monoisotopic (exact) mass is 398 g/mol. The molecule has 5 heteroatoms. The van der Waals surface area contributed by atoms with Crippen molar-refractivity contribution in [2.45, 2.75) is 20.8 Å². The van der Waals surface area contributed by atoms with Crippen LogP contribution >= 0.6 is 0 Å². The number of aryl methyl sites for hydroxylation is 1. The van der Waals surface area contributed by atoms with E-state index < -0.39 is 0 Å². The average Bonchev–Trinajstić information content (AvgIpc) is 2.77. The lowest BCUT2D eigenvalue weighted by Crippen LogP contribution is -2.24. The number of hydrogen-bond acceptors (Lipinski definition) is 4. The molecule has 0 aliphatic heterocycles. The Labute approximate surface area is 176 Å². The quantitative estimate of drug-likeness (QED) is 0.480. The van der Waals surface area contributed by atoms with E-state index in [-0.39, 0.29) is 5.43 Å². The van der Waals surface area contributed by atoms with E-state index in [1.807, 2.05) is 78.2 Å². The minimum atomic E-state index is -0.0449. The molecule has 30 heavy (non-hydrogen) atoms. The summed E-state index contributed by atoms with van der Waals surface area (Å²) in [5, 5.41) is 4.01. The lowest BCUT2D eigenvalue weighted by Gasteiger charge is -2.24. The second-order valence-electron chi connectivity index (χ2n) is 7.19. The standard InChI is InChI=1S/C25H26N4O/c1-4-28(5-2)22-16-21-23(30)17-24(27-19-12-8-6-9-13-19)29(25(21)26-18(22)3)20-14-10-7-11-15-20/h6-17,27H,4-5H2,1-3H3. The summed E-state index contributed by atoms with van der Waals surface area (Å²) < 4.78 is 2.02. The molecule has 0 fully saturated rings. The van der Waals surface area contributed by atoms with Gasteiger partial charge in [-0.25, -0.2) is 4.98 Å². The van der Waals surface area contributed by atoms with Crippen molar-refractivity contribution in [2.24, 2.45) is 0 Å². The summed E-state index contributed by atoms with van der Waals surface area (Å²) in [5.41, 5.74) is 4.39. The van der Waals surface area contributed by atoms with Crippen molar-refractivity contribution >= 4 is 28.2 Å². The summed E-state index contributed by atoms with van der Waals surface area (Å²) in [4.78, 5) is 20.3. The first-order valence-corrected chi connectivity index (χ1v) is 10.3. The molecule has 2 aromatic heterocycles. The number of benzene rings is 2. The highest BCUT2D eigenvalue weighted by Gasteiger charge is 2.16. The van der Waals surface area contributed by atoms with E-state index in [1.165, 1.54) is 0 Å². The number of pyridine rings is 2. The molecule has 0 aliphatic carbocycles. The number of anilines is 3. The molecule has 1 N–H and O–H groups in total. The van der Waals surface area contributed by atoms with Crippen LogP contribution in [0.3, 0.4) is 0 Å². The Morgan fingerprint density at radius 2 is 1.57 bits per heavy atom. The molecule has 152 valence electrons. The summed E-state index contributed by atoms with van der Waals surface area (Å²) in [6.45, 7) is 7.96. The van der Waals surface area contributed by atoms with Gasteiger partial charge in [0.2, 0.25) is 0 Å². The SMILES string of the molecule is CCN(CC)c1cc2c(=O)cc(Nc3ccccc3)n(-c3ccccc3)c2nc1C. The average molecular weight is 399 g/mol. The van der Waals surface area contributed by atoms with E-state index in [1.54, 1.807) is 6.07 Å². The van der Waals surface area contributed by atoms with E-state index in [2.05, 4.69) is 24.1 Å². The van der Waals surface area contributed by atoms with Crippen LogP contribution in [0.15, 0.2) is 77.6 Å². The summed E-state index contributed by atoms with van der Waals surface area (Å²) in [5.74, 6) is 0.687. The van der Waals surface area contributed by atoms with Crippen LogP contribution in [0.5, 0.6) is 0 Å². The van der Waals surface area contributed by atoms with Crippen LogP contribution in [0.1, 0.15) is 19.5 Å². The first kappa shape index (κ1) is 19.7. The van der Waals surface area contributed by atoms with Crippen molar-refractivity contribution in [1.82, 2.24) is 9.55 Å². The summed E-state index contributed by atoms with van der Waals surface area (Å²) in [6, 6.07) is 23.5. The highest BCUT2D eigenvalue weighted by Crippen LogP contribution is 2.28. The molecule has 0 atom stereocenters. The lowest BCUT2D eigenvalue weighted by molar-refractivity contribution is 0.856. The van der Waals surface area contributed by atoms with Gasteiger partial charge < -0.3 is 10.2 Å². The Bertz CT molecular complexity index is 1210. The topological polar surface area (TPSA) is 50.2 Å². The molecule has 0 aliphatic rings. The Morgan fingerprint density at radius 3 is 2.20 bits per heavy atom. The van der Waals surface area contributed by atoms with Gasteiger partial charge in [0.05, 0.1) is 16.8 Å². The molecule has 2 aromatic carbocycles. The van der Waals surface area contributed by atoms with Crippen molar-refractivity contribution in [2.75, 3.05) is 23.3 Å². The third-order valence-corrected chi connectivity index (χ3v) is 5.32. The Hall–Kier alpha value is -3.60. The summed E-state index contributed by atoms with van der Waals surface area (Å²) in [6.07, 6.45) is 0. The maximum Gasteiger partial charge on any atom is 0.193 e. The number of rotatable bonds is 6. The summed E-state index contributed by atoms with van der Waals surface area (Å²) >= 11 is 0. The van der Waals surface area contributed by atoms with E-state index in [9.17, 15) is 4.79 Å². The van der Waals surface area contributed by atoms with Gasteiger partial charge in [-0.2, -0.15) is 0 Å². The van der Waals surface area contributed by atoms with Gasteiger partial charge in [-0.1, -0.05) is 36.4 Å². The molecule has 4 aromatic rings. The Morgan fingerprint density at radius 1 is 0.933 bits per heavy atom. The Kier molecular flexibility index (Phi) is 5.53. The molecule has 0 saturated heterocycles. The van der Waals surface area contributed by atoms with Crippen molar-refractivity contribution in [3.8, 4) is 5.69 Å². The number of hydrogen-bond donors (Lipinski definition) is 1. The van der Waals surface area contributed by atoms with Crippen LogP contribution in [0, 0.1) is 6.92 Å². The molecule has 0 saturated carbocycles. The molecule has 4 rings (SSSR count). The van der Waals surface area contributed by atoms with Gasteiger partial charge in [-0.15, -0.1) is 0 Å². The van der Waals surface area contributed by atoms with Gasteiger partial charge in [0.15, 0.2) is 5.43 Å². The number of fused-ring (bicyclic) bond motifs is 1. The van der Waals surface area contributed by atoms with Crippen LogP contribution in [0.4, 0.5) is 17.2 Å².